The minimum Gasteiger partial charge on any atom is -0.377 e. The van der Waals surface area contributed by atoms with Crippen LogP contribution in [0.3, 0.4) is 0 Å². The van der Waals surface area contributed by atoms with Gasteiger partial charge in [0.1, 0.15) is 41.8 Å². The summed E-state index contributed by atoms with van der Waals surface area (Å²) in [5.74, 6) is -7.53. The van der Waals surface area contributed by atoms with Gasteiger partial charge in [0.2, 0.25) is 65.0 Å². The monoisotopic (exact) mass is 1370 g/mol. The molecule has 23 nitrogen and oxygen atoms in total. The summed E-state index contributed by atoms with van der Waals surface area (Å²) in [4.78, 5) is 173. The third-order valence-electron chi connectivity index (χ3n) is 20.9. The molecule has 0 radical (unpaired) electrons. The van der Waals surface area contributed by atoms with E-state index in [1.54, 1.807) is 34.9 Å². The van der Waals surface area contributed by atoms with Gasteiger partial charge in [-0.05, 0) is 107 Å². The highest BCUT2D eigenvalue weighted by molar-refractivity contribution is 6.31. The zero-order valence-corrected chi connectivity index (χ0v) is 59.6. The maximum atomic E-state index is 15.5. The Morgan fingerprint density at radius 1 is 0.667 bits per heavy atom. The largest absolute Gasteiger partial charge is 0.417 e. The summed E-state index contributed by atoms with van der Waals surface area (Å²) >= 11 is 6.17. The third kappa shape index (κ3) is 19.8. The number of carbonyl (C=O) groups excluding carboxylic acids is 11. The van der Waals surface area contributed by atoms with Gasteiger partial charge in [-0.1, -0.05) is 110 Å². The molecule has 3 aliphatic carbocycles. The number of nitrogens with one attached hydrogen (secondary N) is 3. The number of likely N-dealkylation sites (N-methyl/N-ethyl adjacent to an activating group) is 7. The van der Waals surface area contributed by atoms with Gasteiger partial charge in [0, 0.05) is 81.4 Å². The lowest BCUT2D eigenvalue weighted by Gasteiger charge is -2.41. The first kappa shape index (κ1) is 78.4. The molecule has 1 spiro atoms. The highest BCUT2D eigenvalue weighted by Gasteiger charge is 2.52. The van der Waals surface area contributed by atoms with Crippen LogP contribution < -0.4 is 16.0 Å². The van der Waals surface area contributed by atoms with Crippen molar-refractivity contribution in [1.82, 2.24) is 55.1 Å². The van der Waals surface area contributed by atoms with E-state index in [0.29, 0.717) is 37.7 Å². The molecule has 3 N–H and O–H groups in total. The van der Waals surface area contributed by atoms with Gasteiger partial charge in [-0.3, -0.25) is 52.7 Å². The van der Waals surface area contributed by atoms with E-state index in [-0.39, 0.29) is 82.3 Å². The average Bonchev–Trinajstić information content (AvgIpc) is 1.63. The fraction of sp³-hybridized carbons (Fsp3) is 0.754. The van der Waals surface area contributed by atoms with Crippen LogP contribution in [0.15, 0.2) is 18.2 Å². The highest BCUT2D eigenvalue weighted by Crippen LogP contribution is 2.39. The smallest absolute Gasteiger partial charge is 0.377 e. The Labute approximate surface area is 570 Å². The molecular weight excluding hydrogens is 1270 g/mol. The van der Waals surface area contributed by atoms with E-state index >= 15 is 19.2 Å². The van der Waals surface area contributed by atoms with Crippen LogP contribution in [-0.4, -0.2) is 240 Å². The topological polar surface area (TPSA) is 259 Å². The Balaban J connectivity index is 1.41. The Bertz CT molecular complexity index is 2940. The summed E-state index contributed by atoms with van der Waals surface area (Å²) in [6.07, 6.45) is 3.56. The molecule has 2 heterocycles. The summed E-state index contributed by atoms with van der Waals surface area (Å²) < 4.78 is 47.7. The third-order valence-corrected chi connectivity index (χ3v) is 21.2. The highest BCUT2D eigenvalue weighted by atomic mass is 35.5. The van der Waals surface area contributed by atoms with E-state index in [1.807, 2.05) is 20.8 Å². The molecule has 6 rings (SSSR count). The fourth-order valence-corrected chi connectivity index (χ4v) is 14.9. The number of hydrogen-bond donors (Lipinski definition) is 3. The Hall–Kier alpha value is -6.57. The average molecular weight is 1380 g/mol. The van der Waals surface area contributed by atoms with Crippen LogP contribution in [0.5, 0.6) is 0 Å². The number of halogens is 4. The molecule has 1 aromatic rings. The molecule has 5 aliphatic rings. The van der Waals surface area contributed by atoms with Crippen molar-refractivity contribution in [2.24, 2.45) is 23.7 Å². The van der Waals surface area contributed by atoms with Crippen LogP contribution in [0.1, 0.15) is 175 Å². The van der Waals surface area contributed by atoms with Crippen molar-refractivity contribution < 1.29 is 70.6 Å². The van der Waals surface area contributed by atoms with Crippen molar-refractivity contribution in [2.45, 2.75) is 230 Å². The summed E-state index contributed by atoms with van der Waals surface area (Å²) in [5.41, 5.74) is -2.31. The predicted molar refractivity (Wildman–Crippen MR) is 355 cm³/mol. The normalized spacial score (nSPS) is 27.3. The van der Waals surface area contributed by atoms with E-state index in [2.05, 4.69) is 16.0 Å². The first-order valence-corrected chi connectivity index (χ1v) is 35.0. The molecule has 2 aliphatic heterocycles. The lowest BCUT2D eigenvalue weighted by atomic mass is 9.84. The second kappa shape index (κ2) is 34.8. The number of aryl methyl sites for hydroxylation is 1. The molecule has 1 aromatic carbocycles. The second-order valence-corrected chi connectivity index (χ2v) is 28.8. The van der Waals surface area contributed by atoms with Crippen molar-refractivity contribution in [3.05, 3.63) is 34.3 Å². The first-order chi connectivity index (χ1) is 45.1. The summed E-state index contributed by atoms with van der Waals surface area (Å²) in [6, 6.07) is -4.67. The van der Waals surface area contributed by atoms with E-state index < -0.39 is 161 Å². The number of rotatable bonds is 12. The second-order valence-electron chi connectivity index (χ2n) is 28.4. The molecule has 2 saturated heterocycles. The summed E-state index contributed by atoms with van der Waals surface area (Å²) in [6.45, 7) is 9.31. The van der Waals surface area contributed by atoms with Gasteiger partial charge in [-0.15, -0.1) is 0 Å². The maximum Gasteiger partial charge on any atom is 0.417 e. The Morgan fingerprint density at radius 3 is 1.86 bits per heavy atom. The van der Waals surface area contributed by atoms with Gasteiger partial charge in [-0.2, -0.15) is 13.2 Å². The van der Waals surface area contributed by atoms with Gasteiger partial charge >= 0.3 is 6.18 Å². The van der Waals surface area contributed by atoms with E-state index in [0.717, 1.165) is 66.9 Å². The van der Waals surface area contributed by atoms with Crippen LogP contribution in [-0.2, 0) is 70.1 Å². The predicted octanol–water partition coefficient (Wildman–Crippen LogP) is 6.06. The number of benzene rings is 1. The summed E-state index contributed by atoms with van der Waals surface area (Å²) in [7, 11) is 10.2. The number of ether oxygens (including phenoxy) is 1. The molecular formula is C69H107ClF3N11O12. The number of amides is 11. The molecule has 96 heavy (non-hydrogen) atoms. The van der Waals surface area contributed by atoms with Crippen LogP contribution in [0, 0.1) is 23.7 Å². The fourth-order valence-electron chi connectivity index (χ4n) is 14.6. The molecule has 9 atom stereocenters. The van der Waals surface area contributed by atoms with Crippen molar-refractivity contribution in [1.29, 1.82) is 0 Å². The van der Waals surface area contributed by atoms with E-state index in [9.17, 15) is 46.7 Å². The molecule has 0 unspecified atom stereocenters. The van der Waals surface area contributed by atoms with Crippen LogP contribution >= 0.6 is 11.6 Å². The van der Waals surface area contributed by atoms with Crippen molar-refractivity contribution >= 4 is 76.6 Å². The molecule has 3 saturated carbocycles. The van der Waals surface area contributed by atoms with Gasteiger partial charge < -0.3 is 59.9 Å². The molecule has 0 aromatic heterocycles. The minimum absolute atomic E-state index is 0.0194. The Kier molecular flexibility index (Phi) is 28.4. The van der Waals surface area contributed by atoms with E-state index in [4.69, 9.17) is 16.3 Å². The van der Waals surface area contributed by atoms with Gasteiger partial charge in [0.05, 0.1) is 36.3 Å². The quantitative estimate of drug-likeness (QED) is 0.216. The number of fused-ring (bicyclic) bond motifs is 1. The SMILES string of the molecule is CCO[C@@H]1C[C@H]2C(=O)NC3(CCCC3)C(=O)N(C)[C@@H](C3CCCC3)C(=O)N(C)[C@H](C)CC(=O)N(C)[C@@H](CC(C)C)C(=O)N[C@@H]([C@@H](C)CC)C(=O)N(C)CC(=O)N(C)CC(=O)N(C)[C@@H](CC3CCCCC3)C(=O)N(C)CC(=O)N[C@@H](CCc3ccc(C(F)(F)F)c(Cl)c3)C(=O)N2C1. The number of carbonyl (C=O) groups is 11. The number of hydrogen-bond acceptors (Lipinski definition) is 12. The minimum atomic E-state index is -4.76. The standard InChI is InChI=1S/C69H107ClF3N11O12/c1-14-43(5)59-65(93)79(9)40-57(87)77(7)41-58(88)82(12)54(36-45-23-17-16-18-24-45)64(92)78(8)39-55(85)74-51(30-28-46-27-29-49(50(70)35-46)69(71,72)73)63(91)84-38-48(96-15-2)37-53(84)62(90)76-68(31-21-22-32-68)67(95)83(13)60(47-25-19-20-26-47)66(94)80(10)44(6)34-56(86)81(11)52(33-42(3)4)61(89)75-59/h27,29,35,42-45,47-48,51-54,59-60H,14-26,28,30-34,36-41H2,1-13H3,(H,74,85)(H,75,89)(H,76,90)/t43-,44+,48+,51-,52-,53-,54-,59-,60-/m0/s1. The lowest BCUT2D eigenvalue weighted by Crippen LogP contribution is -2.64. The molecule has 0 bridgehead atoms. The van der Waals surface area contributed by atoms with Gasteiger partial charge in [-0.25, -0.2) is 0 Å². The number of alkyl halides is 3. The Morgan fingerprint density at radius 2 is 1.27 bits per heavy atom. The lowest BCUT2D eigenvalue weighted by molar-refractivity contribution is -0.153. The first-order valence-electron chi connectivity index (χ1n) is 34.6. The zero-order valence-electron chi connectivity index (χ0n) is 58.8. The summed E-state index contributed by atoms with van der Waals surface area (Å²) in [5, 5.41) is 8.19. The van der Waals surface area contributed by atoms with Crippen LogP contribution in [0.25, 0.3) is 0 Å². The van der Waals surface area contributed by atoms with Crippen molar-refractivity contribution in [3.63, 3.8) is 0 Å². The van der Waals surface area contributed by atoms with Gasteiger partial charge in [0.15, 0.2) is 0 Å². The molecule has 5 fully saturated rings. The van der Waals surface area contributed by atoms with E-state index in [1.165, 1.54) is 70.7 Å². The molecule has 538 valence electrons. The van der Waals surface area contributed by atoms with Crippen molar-refractivity contribution in [3.8, 4) is 0 Å². The molecule has 11 amide bonds. The van der Waals surface area contributed by atoms with Crippen molar-refractivity contribution in [2.75, 3.05) is 82.1 Å². The molecule has 27 heteroatoms. The van der Waals surface area contributed by atoms with Gasteiger partial charge in [0.25, 0.3) is 0 Å². The maximum absolute atomic E-state index is 15.5. The van der Waals surface area contributed by atoms with Crippen LogP contribution in [0.4, 0.5) is 13.2 Å². The van der Waals surface area contributed by atoms with Crippen LogP contribution in [0.2, 0.25) is 5.02 Å². The zero-order chi connectivity index (χ0) is 71.3. The number of nitrogens with zero attached hydrogens (tertiary/aromatic N) is 8.